The van der Waals surface area contributed by atoms with E-state index in [1.165, 1.54) is 0 Å². The van der Waals surface area contributed by atoms with Crippen LogP contribution in [0, 0.1) is 6.92 Å². The van der Waals surface area contributed by atoms with E-state index in [0.29, 0.717) is 0 Å². The van der Waals surface area contributed by atoms with Crippen LogP contribution >= 0.6 is 0 Å². The second-order valence-corrected chi connectivity index (χ2v) is 2.05. The predicted molar refractivity (Wildman–Crippen MR) is 33.9 cm³/mol. The molecule has 1 heterocycles. The summed E-state index contributed by atoms with van der Waals surface area (Å²) in [6.07, 6.45) is 1.70. The molecule has 1 N–H and O–H groups in total. The highest BCUT2D eigenvalue weighted by Gasteiger charge is 1.99. The number of nitrogens with zero attached hydrogens (tertiary/aromatic N) is 2. The molecular weight excluding hydrogens is 116 g/mol. The van der Waals surface area contributed by atoms with Gasteiger partial charge in [-0.05, 0) is 6.92 Å². The second kappa shape index (κ2) is 2.19. The number of aryl methyl sites for hydroxylation is 1. The van der Waals surface area contributed by atoms with Crippen molar-refractivity contribution < 1.29 is 5.11 Å². The third-order valence-electron chi connectivity index (χ3n) is 1.48. The summed E-state index contributed by atoms with van der Waals surface area (Å²) in [5.41, 5.74) is 1.79. The molecule has 0 spiro atoms. The Kier molecular flexibility index (Phi) is 1.53. The fraction of sp³-hybridized carbons (Fsp3) is 0.500. The molecule has 1 aromatic heterocycles. The highest BCUT2D eigenvalue weighted by molar-refractivity contribution is 5.08. The van der Waals surface area contributed by atoms with E-state index in [-0.39, 0.29) is 6.61 Å². The van der Waals surface area contributed by atoms with E-state index >= 15 is 0 Å². The highest BCUT2D eigenvalue weighted by atomic mass is 16.3. The molecule has 50 valence electrons. The Morgan fingerprint density at radius 1 is 1.78 bits per heavy atom. The number of aliphatic hydroxyl groups is 1. The van der Waals surface area contributed by atoms with Gasteiger partial charge in [0.1, 0.15) is 0 Å². The van der Waals surface area contributed by atoms with E-state index in [4.69, 9.17) is 5.11 Å². The van der Waals surface area contributed by atoms with Crippen molar-refractivity contribution in [3.63, 3.8) is 0 Å². The third-order valence-corrected chi connectivity index (χ3v) is 1.48. The summed E-state index contributed by atoms with van der Waals surface area (Å²) in [6, 6.07) is 0. The Morgan fingerprint density at radius 2 is 2.44 bits per heavy atom. The van der Waals surface area contributed by atoms with Gasteiger partial charge in [0.25, 0.3) is 0 Å². The van der Waals surface area contributed by atoms with Crippen LogP contribution < -0.4 is 0 Å². The van der Waals surface area contributed by atoms with Crippen molar-refractivity contribution in [2.75, 3.05) is 0 Å². The van der Waals surface area contributed by atoms with Gasteiger partial charge in [-0.3, -0.25) is 0 Å². The van der Waals surface area contributed by atoms with Crippen molar-refractivity contribution in [3.05, 3.63) is 17.7 Å². The number of aliphatic hydroxyl groups excluding tert-OH is 1. The van der Waals surface area contributed by atoms with E-state index in [2.05, 4.69) is 4.98 Å². The van der Waals surface area contributed by atoms with E-state index < -0.39 is 0 Å². The molecule has 0 bridgehead atoms. The molecule has 1 aromatic rings. The van der Waals surface area contributed by atoms with Crippen molar-refractivity contribution in [1.29, 1.82) is 0 Å². The average molecular weight is 126 g/mol. The zero-order valence-corrected chi connectivity index (χ0v) is 5.63. The molecule has 3 heteroatoms. The number of aromatic nitrogens is 2. The van der Waals surface area contributed by atoms with Crippen LogP contribution in [0.2, 0.25) is 0 Å². The van der Waals surface area contributed by atoms with Crippen LogP contribution in [0.25, 0.3) is 0 Å². The molecule has 3 nitrogen and oxygen atoms in total. The summed E-state index contributed by atoms with van der Waals surface area (Å²) in [7, 11) is 1.90. The smallest absolute Gasteiger partial charge is 0.0950 e. The minimum atomic E-state index is 0.0344. The quantitative estimate of drug-likeness (QED) is 0.584. The van der Waals surface area contributed by atoms with Crippen LogP contribution in [0.1, 0.15) is 11.4 Å². The molecule has 0 aromatic carbocycles. The first-order valence-corrected chi connectivity index (χ1v) is 2.83. The van der Waals surface area contributed by atoms with Crippen molar-refractivity contribution >= 4 is 0 Å². The lowest BCUT2D eigenvalue weighted by molar-refractivity contribution is 0.276. The van der Waals surface area contributed by atoms with Crippen LogP contribution in [-0.4, -0.2) is 14.7 Å². The van der Waals surface area contributed by atoms with Crippen LogP contribution in [0.15, 0.2) is 6.33 Å². The Morgan fingerprint density at radius 3 is 2.67 bits per heavy atom. The van der Waals surface area contributed by atoms with Gasteiger partial charge in [-0.2, -0.15) is 0 Å². The standard InChI is InChI=1S/C6H10N2O/c1-5-6(3-9)7-4-8(5)2/h4,9H,3H2,1-2H3. The first kappa shape index (κ1) is 6.29. The second-order valence-electron chi connectivity index (χ2n) is 2.05. The lowest BCUT2D eigenvalue weighted by atomic mass is 10.4. The summed E-state index contributed by atoms with van der Waals surface area (Å²) >= 11 is 0. The van der Waals surface area contributed by atoms with Crippen molar-refractivity contribution in [2.24, 2.45) is 7.05 Å². The van der Waals surface area contributed by atoms with E-state index in [1.54, 1.807) is 6.33 Å². The molecule has 0 unspecified atom stereocenters. The Labute approximate surface area is 54.0 Å². The minimum Gasteiger partial charge on any atom is -0.390 e. The van der Waals surface area contributed by atoms with Gasteiger partial charge < -0.3 is 9.67 Å². The molecule has 0 saturated carbocycles. The number of imidazole rings is 1. The van der Waals surface area contributed by atoms with Gasteiger partial charge in [0.2, 0.25) is 0 Å². The van der Waals surface area contributed by atoms with Crippen LogP contribution in [-0.2, 0) is 13.7 Å². The zero-order valence-electron chi connectivity index (χ0n) is 5.63. The number of hydrogen-bond donors (Lipinski definition) is 1. The molecule has 0 aliphatic carbocycles. The Hall–Kier alpha value is -0.830. The van der Waals surface area contributed by atoms with Gasteiger partial charge in [0.05, 0.1) is 18.6 Å². The zero-order chi connectivity index (χ0) is 6.85. The van der Waals surface area contributed by atoms with E-state index in [9.17, 15) is 0 Å². The average Bonchev–Trinajstić information content (AvgIpc) is 2.15. The normalized spacial score (nSPS) is 10.1. The van der Waals surface area contributed by atoms with Gasteiger partial charge in [0.15, 0.2) is 0 Å². The Bertz CT molecular complexity index is 205. The maximum absolute atomic E-state index is 8.66. The molecule has 9 heavy (non-hydrogen) atoms. The predicted octanol–water partition coefficient (Wildman–Crippen LogP) is 0.221. The van der Waals surface area contributed by atoms with Crippen LogP contribution in [0.5, 0.6) is 0 Å². The van der Waals surface area contributed by atoms with Gasteiger partial charge in [-0.1, -0.05) is 0 Å². The van der Waals surface area contributed by atoms with Gasteiger partial charge in [-0.25, -0.2) is 4.98 Å². The van der Waals surface area contributed by atoms with Crippen LogP contribution in [0.4, 0.5) is 0 Å². The monoisotopic (exact) mass is 126 g/mol. The first-order valence-electron chi connectivity index (χ1n) is 2.83. The molecule has 0 fully saturated rings. The van der Waals surface area contributed by atoms with E-state index in [1.807, 2.05) is 18.5 Å². The molecule has 1 rings (SSSR count). The lowest BCUT2D eigenvalue weighted by Gasteiger charge is -1.93. The third kappa shape index (κ3) is 0.954. The van der Waals surface area contributed by atoms with Crippen molar-refractivity contribution in [3.8, 4) is 0 Å². The summed E-state index contributed by atoms with van der Waals surface area (Å²) < 4.78 is 1.88. The van der Waals surface area contributed by atoms with Gasteiger partial charge >= 0.3 is 0 Å². The maximum Gasteiger partial charge on any atom is 0.0950 e. The fourth-order valence-corrected chi connectivity index (χ4v) is 0.695. The van der Waals surface area contributed by atoms with Crippen LogP contribution in [0.3, 0.4) is 0 Å². The molecule has 0 atom stereocenters. The SMILES string of the molecule is Cc1c(CO)ncn1C. The first-order chi connectivity index (χ1) is 4.25. The molecule has 0 aliphatic heterocycles. The van der Waals surface area contributed by atoms with Gasteiger partial charge in [0, 0.05) is 12.7 Å². The topological polar surface area (TPSA) is 38.1 Å². The highest BCUT2D eigenvalue weighted by Crippen LogP contribution is 2.02. The number of rotatable bonds is 1. The minimum absolute atomic E-state index is 0.0344. The van der Waals surface area contributed by atoms with Crippen molar-refractivity contribution in [2.45, 2.75) is 13.5 Å². The summed E-state index contributed by atoms with van der Waals surface area (Å²) in [5, 5.41) is 8.66. The van der Waals surface area contributed by atoms with E-state index in [0.717, 1.165) is 11.4 Å². The fourth-order valence-electron chi connectivity index (χ4n) is 0.695. The molecule has 0 amide bonds. The number of hydrogen-bond acceptors (Lipinski definition) is 2. The largest absolute Gasteiger partial charge is 0.390 e. The van der Waals surface area contributed by atoms with Crippen molar-refractivity contribution in [1.82, 2.24) is 9.55 Å². The Balaban J connectivity index is 3.04. The summed E-state index contributed by atoms with van der Waals surface area (Å²) in [4.78, 5) is 3.95. The lowest BCUT2D eigenvalue weighted by Crippen LogP contribution is -1.91. The maximum atomic E-state index is 8.66. The molecular formula is C6H10N2O. The summed E-state index contributed by atoms with van der Waals surface area (Å²) in [5.74, 6) is 0. The molecule has 0 aliphatic rings. The molecule has 0 saturated heterocycles. The molecule has 0 radical (unpaired) electrons. The van der Waals surface area contributed by atoms with Gasteiger partial charge in [-0.15, -0.1) is 0 Å². The summed E-state index contributed by atoms with van der Waals surface area (Å²) in [6.45, 7) is 1.96.